The highest BCUT2D eigenvalue weighted by Gasteiger charge is 2.14. The van der Waals surface area contributed by atoms with Gasteiger partial charge in [0.1, 0.15) is 0 Å². The minimum atomic E-state index is 0.513. The zero-order valence-electron chi connectivity index (χ0n) is 13.0. The summed E-state index contributed by atoms with van der Waals surface area (Å²) < 4.78 is 8.07. The Morgan fingerprint density at radius 2 is 2.29 bits per heavy atom. The van der Waals surface area contributed by atoms with Gasteiger partial charge < -0.3 is 14.6 Å². The van der Waals surface area contributed by atoms with Crippen LogP contribution in [0.5, 0.6) is 0 Å². The van der Waals surface area contributed by atoms with E-state index in [-0.39, 0.29) is 0 Å². The van der Waals surface area contributed by atoms with Gasteiger partial charge in [0.2, 0.25) is 0 Å². The second-order valence-electron chi connectivity index (χ2n) is 5.96. The van der Waals surface area contributed by atoms with Gasteiger partial charge in [-0.1, -0.05) is 13.0 Å². The number of hydrogen-bond donors (Lipinski definition) is 1. The molecule has 2 aromatic rings. The van der Waals surface area contributed by atoms with E-state index < -0.39 is 0 Å². The highest BCUT2D eigenvalue weighted by Crippen LogP contribution is 2.20. The Hall–Kier alpha value is -1.32. The smallest absolute Gasteiger partial charge is 0.0576 e. The third-order valence-corrected chi connectivity index (χ3v) is 4.36. The van der Waals surface area contributed by atoms with Gasteiger partial charge in [0.15, 0.2) is 0 Å². The van der Waals surface area contributed by atoms with Gasteiger partial charge in [-0.15, -0.1) is 0 Å². The average Bonchev–Trinajstić information content (AvgIpc) is 3.15. The van der Waals surface area contributed by atoms with Gasteiger partial charge >= 0.3 is 0 Å². The fourth-order valence-electron chi connectivity index (χ4n) is 3.19. The summed E-state index contributed by atoms with van der Waals surface area (Å²) in [6.07, 6.45) is 7.62. The third kappa shape index (κ3) is 3.66. The molecule has 1 aliphatic heterocycles. The Morgan fingerprint density at radius 3 is 3.10 bits per heavy atom. The molecular formula is C18H26N2O. The van der Waals surface area contributed by atoms with Crippen molar-refractivity contribution in [3.05, 3.63) is 36.0 Å². The van der Waals surface area contributed by atoms with Crippen LogP contribution in [0.2, 0.25) is 0 Å². The van der Waals surface area contributed by atoms with Crippen molar-refractivity contribution >= 4 is 10.9 Å². The molecule has 0 aliphatic carbocycles. The van der Waals surface area contributed by atoms with Gasteiger partial charge in [0.25, 0.3) is 0 Å². The molecule has 3 nitrogen and oxygen atoms in total. The molecule has 1 aliphatic rings. The first kappa shape index (κ1) is 14.6. The molecule has 1 aromatic carbocycles. The van der Waals surface area contributed by atoms with E-state index in [2.05, 4.69) is 47.3 Å². The van der Waals surface area contributed by atoms with E-state index in [9.17, 15) is 0 Å². The summed E-state index contributed by atoms with van der Waals surface area (Å²) in [7, 11) is 0. The fraction of sp³-hybridized carbons (Fsp3) is 0.556. The highest BCUT2D eigenvalue weighted by atomic mass is 16.5. The van der Waals surface area contributed by atoms with Crippen LogP contribution in [-0.2, 0) is 17.8 Å². The zero-order chi connectivity index (χ0) is 14.5. The number of nitrogens with one attached hydrogen (secondary N) is 1. The number of aryl methyl sites for hydroxylation is 1. The van der Waals surface area contributed by atoms with Crippen LogP contribution < -0.4 is 5.32 Å². The molecule has 1 atom stereocenters. The molecule has 21 heavy (non-hydrogen) atoms. The molecule has 3 heteroatoms. The Morgan fingerprint density at radius 1 is 1.33 bits per heavy atom. The summed E-state index contributed by atoms with van der Waals surface area (Å²) in [5, 5.41) is 4.73. The monoisotopic (exact) mass is 286 g/mol. The van der Waals surface area contributed by atoms with E-state index in [1.807, 2.05) is 0 Å². The van der Waals surface area contributed by atoms with E-state index in [0.29, 0.717) is 6.10 Å². The lowest BCUT2D eigenvalue weighted by Crippen LogP contribution is -2.11. The van der Waals surface area contributed by atoms with Crippen molar-refractivity contribution in [1.82, 2.24) is 9.88 Å². The standard InChI is InChI=1S/C18H26N2O/c1-2-19-14-15-7-8-18-16(13-15)9-11-20(18)10-3-5-17-6-4-12-21-17/h7-9,11,13,17,19H,2-6,10,12,14H2,1H3. The summed E-state index contributed by atoms with van der Waals surface area (Å²) in [5.74, 6) is 0. The number of hydrogen-bond acceptors (Lipinski definition) is 2. The van der Waals surface area contributed by atoms with Crippen molar-refractivity contribution < 1.29 is 4.74 Å². The molecular weight excluding hydrogens is 260 g/mol. The second kappa shape index (κ2) is 7.10. The normalized spacial score (nSPS) is 18.6. The maximum absolute atomic E-state index is 5.70. The summed E-state index contributed by atoms with van der Waals surface area (Å²) in [6.45, 7) is 6.17. The summed E-state index contributed by atoms with van der Waals surface area (Å²) >= 11 is 0. The molecule has 0 bridgehead atoms. The van der Waals surface area contributed by atoms with Gasteiger partial charge in [-0.3, -0.25) is 0 Å². The molecule has 0 radical (unpaired) electrons. The van der Waals surface area contributed by atoms with E-state index >= 15 is 0 Å². The summed E-state index contributed by atoms with van der Waals surface area (Å²) in [5.41, 5.74) is 2.71. The van der Waals surface area contributed by atoms with Crippen LogP contribution >= 0.6 is 0 Å². The van der Waals surface area contributed by atoms with E-state index in [4.69, 9.17) is 4.74 Å². The lowest BCUT2D eigenvalue weighted by atomic mass is 10.1. The molecule has 1 saturated heterocycles. The molecule has 114 valence electrons. The quantitative estimate of drug-likeness (QED) is 0.839. The molecule has 0 amide bonds. The number of rotatable bonds is 7. The van der Waals surface area contributed by atoms with Crippen LogP contribution in [-0.4, -0.2) is 23.8 Å². The minimum Gasteiger partial charge on any atom is -0.378 e. The third-order valence-electron chi connectivity index (χ3n) is 4.36. The lowest BCUT2D eigenvalue weighted by molar-refractivity contribution is 0.101. The first-order valence-electron chi connectivity index (χ1n) is 8.27. The maximum Gasteiger partial charge on any atom is 0.0576 e. The van der Waals surface area contributed by atoms with E-state index in [1.54, 1.807) is 0 Å². The number of fused-ring (bicyclic) bond motifs is 1. The fourth-order valence-corrected chi connectivity index (χ4v) is 3.19. The summed E-state index contributed by atoms with van der Waals surface area (Å²) in [6, 6.07) is 9.03. The molecule has 2 heterocycles. The Bertz CT molecular complexity index is 570. The molecule has 1 unspecified atom stereocenters. The van der Waals surface area contributed by atoms with Crippen LogP contribution in [0.15, 0.2) is 30.5 Å². The van der Waals surface area contributed by atoms with Crippen molar-refractivity contribution in [2.75, 3.05) is 13.2 Å². The second-order valence-corrected chi connectivity index (χ2v) is 5.96. The topological polar surface area (TPSA) is 26.2 Å². The van der Waals surface area contributed by atoms with E-state index in [1.165, 1.54) is 42.1 Å². The number of benzene rings is 1. The molecule has 1 aromatic heterocycles. The van der Waals surface area contributed by atoms with Crippen LogP contribution in [0.1, 0.15) is 38.2 Å². The first-order chi connectivity index (χ1) is 10.4. The van der Waals surface area contributed by atoms with Gasteiger partial charge in [-0.25, -0.2) is 0 Å². The van der Waals surface area contributed by atoms with Crippen LogP contribution in [0.4, 0.5) is 0 Å². The van der Waals surface area contributed by atoms with Crippen LogP contribution in [0.3, 0.4) is 0 Å². The van der Waals surface area contributed by atoms with Crippen LogP contribution in [0.25, 0.3) is 10.9 Å². The van der Waals surface area contributed by atoms with Crippen molar-refractivity contribution in [2.45, 2.75) is 51.8 Å². The zero-order valence-corrected chi connectivity index (χ0v) is 13.0. The highest BCUT2D eigenvalue weighted by molar-refractivity contribution is 5.80. The Balaban J connectivity index is 1.60. The molecule has 0 spiro atoms. The Kier molecular flexibility index (Phi) is 4.94. The first-order valence-corrected chi connectivity index (χ1v) is 8.27. The van der Waals surface area contributed by atoms with Crippen LogP contribution in [0, 0.1) is 0 Å². The molecule has 1 N–H and O–H groups in total. The molecule has 1 fully saturated rings. The van der Waals surface area contributed by atoms with Crippen molar-refractivity contribution in [3.63, 3.8) is 0 Å². The SMILES string of the molecule is CCNCc1ccc2c(ccn2CCCC2CCCO2)c1. The van der Waals surface area contributed by atoms with Gasteiger partial charge in [-0.2, -0.15) is 0 Å². The van der Waals surface area contributed by atoms with Gasteiger partial charge in [-0.05, 0) is 61.4 Å². The number of nitrogens with zero attached hydrogens (tertiary/aromatic N) is 1. The average molecular weight is 286 g/mol. The van der Waals surface area contributed by atoms with Crippen molar-refractivity contribution in [1.29, 1.82) is 0 Å². The number of aromatic nitrogens is 1. The summed E-state index contributed by atoms with van der Waals surface area (Å²) in [4.78, 5) is 0. The van der Waals surface area contributed by atoms with Crippen molar-refractivity contribution in [2.24, 2.45) is 0 Å². The van der Waals surface area contributed by atoms with Crippen molar-refractivity contribution in [3.8, 4) is 0 Å². The predicted molar refractivity (Wildman–Crippen MR) is 87.5 cm³/mol. The predicted octanol–water partition coefficient (Wildman–Crippen LogP) is 3.71. The number of ether oxygens (including phenoxy) is 1. The van der Waals surface area contributed by atoms with Gasteiger partial charge in [0, 0.05) is 31.4 Å². The Labute approximate surface area is 127 Å². The largest absolute Gasteiger partial charge is 0.378 e. The molecule has 3 rings (SSSR count). The molecule has 0 saturated carbocycles. The van der Waals surface area contributed by atoms with E-state index in [0.717, 1.165) is 26.2 Å². The van der Waals surface area contributed by atoms with Gasteiger partial charge in [0.05, 0.1) is 6.10 Å². The minimum absolute atomic E-state index is 0.513. The maximum atomic E-state index is 5.70. The lowest BCUT2D eigenvalue weighted by Gasteiger charge is -2.10.